The van der Waals surface area contributed by atoms with E-state index in [-0.39, 0.29) is 11.2 Å². The third kappa shape index (κ3) is 2.25. The lowest BCUT2D eigenvalue weighted by Gasteiger charge is -2.11. The number of pyridine rings is 2. The first kappa shape index (κ1) is 14.2. The molecule has 0 aliphatic carbocycles. The highest BCUT2D eigenvalue weighted by Gasteiger charge is 2.12. The fraction of sp³-hybridized carbons (Fsp3) is 0. The number of aromatic amines is 1. The number of rotatable bonds is 2. The summed E-state index contributed by atoms with van der Waals surface area (Å²) in [7, 11) is 0. The van der Waals surface area contributed by atoms with Crippen LogP contribution in [-0.4, -0.2) is 9.97 Å². The van der Waals surface area contributed by atoms with Gasteiger partial charge >= 0.3 is 0 Å². The highest BCUT2D eigenvalue weighted by molar-refractivity contribution is 6.07. The Morgan fingerprint density at radius 1 is 1.08 bits per heavy atom. The molecule has 0 atom stereocenters. The highest BCUT2D eigenvalue weighted by atomic mass is 19.1. The molecule has 4 aromatic rings. The van der Waals surface area contributed by atoms with E-state index < -0.39 is 5.82 Å². The first-order valence-corrected chi connectivity index (χ1v) is 7.26. The van der Waals surface area contributed by atoms with Gasteiger partial charge in [0.2, 0.25) is 0 Å². The number of halogens is 1. The van der Waals surface area contributed by atoms with E-state index in [0.29, 0.717) is 27.9 Å². The second kappa shape index (κ2) is 5.34. The van der Waals surface area contributed by atoms with E-state index in [1.165, 1.54) is 18.3 Å². The van der Waals surface area contributed by atoms with Gasteiger partial charge in [-0.05, 0) is 24.3 Å². The number of anilines is 1. The number of benzene rings is 2. The van der Waals surface area contributed by atoms with Gasteiger partial charge in [0.05, 0.1) is 11.1 Å². The first-order valence-electron chi connectivity index (χ1n) is 7.26. The van der Waals surface area contributed by atoms with Gasteiger partial charge in [0.1, 0.15) is 23.0 Å². The summed E-state index contributed by atoms with van der Waals surface area (Å²) in [5.41, 5.74) is 5.72. The summed E-state index contributed by atoms with van der Waals surface area (Å²) < 4.78 is 19.5. The summed E-state index contributed by atoms with van der Waals surface area (Å²) in [5.74, 6) is 0.227. The lowest BCUT2D eigenvalue weighted by atomic mass is 10.1. The van der Waals surface area contributed by atoms with Crippen molar-refractivity contribution in [3.05, 3.63) is 70.9 Å². The van der Waals surface area contributed by atoms with E-state index in [1.54, 1.807) is 24.3 Å². The Bertz CT molecular complexity index is 1140. The molecule has 4 rings (SSSR count). The van der Waals surface area contributed by atoms with Gasteiger partial charge in [-0.15, -0.1) is 0 Å². The number of hydrogen-bond acceptors (Lipinski definition) is 4. The fourth-order valence-corrected chi connectivity index (χ4v) is 2.66. The van der Waals surface area contributed by atoms with E-state index in [2.05, 4.69) is 9.97 Å². The van der Waals surface area contributed by atoms with Crippen LogP contribution < -0.4 is 16.0 Å². The van der Waals surface area contributed by atoms with Crippen LogP contribution in [0.4, 0.5) is 10.1 Å². The molecule has 0 saturated carbocycles. The molecule has 2 aromatic heterocycles. The smallest absolute Gasteiger partial charge is 0.257 e. The molecule has 0 spiro atoms. The van der Waals surface area contributed by atoms with Crippen LogP contribution in [0.15, 0.2) is 59.5 Å². The number of fused-ring (bicyclic) bond motifs is 3. The molecule has 0 unspecified atom stereocenters. The van der Waals surface area contributed by atoms with Crippen LogP contribution >= 0.6 is 0 Å². The predicted molar refractivity (Wildman–Crippen MR) is 90.8 cm³/mol. The minimum Gasteiger partial charge on any atom is -0.456 e. The quantitative estimate of drug-likeness (QED) is 0.437. The lowest BCUT2D eigenvalue weighted by molar-refractivity contribution is 0.482. The van der Waals surface area contributed by atoms with Gasteiger partial charge in [-0.25, -0.2) is 9.37 Å². The summed E-state index contributed by atoms with van der Waals surface area (Å²) >= 11 is 0. The maximum absolute atomic E-state index is 13.6. The van der Waals surface area contributed by atoms with Gasteiger partial charge in [-0.1, -0.05) is 18.2 Å². The van der Waals surface area contributed by atoms with Gasteiger partial charge in [0.25, 0.3) is 5.56 Å². The maximum Gasteiger partial charge on any atom is 0.257 e. The fourth-order valence-electron chi connectivity index (χ4n) is 2.66. The van der Waals surface area contributed by atoms with E-state index >= 15 is 0 Å². The van der Waals surface area contributed by atoms with Crippen LogP contribution in [0.25, 0.3) is 21.8 Å². The second-order valence-electron chi connectivity index (χ2n) is 5.32. The van der Waals surface area contributed by atoms with Crippen molar-refractivity contribution in [2.24, 2.45) is 0 Å². The highest BCUT2D eigenvalue weighted by Crippen LogP contribution is 2.32. The average molecular weight is 321 g/mol. The Labute approximate surface area is 135 Å². The Morgan fingerprint density at radius 3 is 2.67 bits per heavy atom. The molecule has 5 nitrogen and oxygen atoms in total. The van der Waals surface area contributed by atoms with Crippen molar-refractivity contribution in [3.8, 4) is 11.5 Å². The van der Waals surface area contributed by atoms with Crippen molar-refractivity contribution < 1.29 is 9.13 Å². The van der Waals surface area contributed by atoms with Crippen molar-refractivity contribution in [3.63, 3.8) is 0 Å². The molecule has 0 fully saturated rings. The first-order chi connectivity index (χ1) is 11.6. The molecule has 3 N–H and O–H groups in total. The summed E-state index contributed by atoms with van der Waals surface area (Å²) in [5, 5.41) is 1.91. The average Bonchev–Trinajstić information content (AvgIpc) is 2.58. The number of nitrogen functional groups attached to an aromatic ring is 1. The zero-order valence-electron chi connectivity index (χ0n) is 12.4. The summed E-state index contributed by atoms with van der Waals surface area (Å²) in [4.78, 5) is 19.1. The molecule has 0 aliphatic heterocycles. The van der Waals surface area contributed by atoms with Gasteiger partial charge in [0.15, 0.2) is 0 Å². The summed E-state index contributed by atoms with van der Waals surface area (Å²) in [6, 6.07) is 13.1. The van der Waals surface area contributed by atoms with Crippen molar-refractivity contribution in [1.29, 1.82) is 0 Å². The summed E-state index contributed by atoms with van der Waals surface area (Å²) in [6.45, 7) is 0. The van der Waals surface area contributed by atoms with E-state index in [9.17, 15) is 9.18 Å². The number of nitrogens with zero attached hydrogens (tertiary/aromatic N) is 1. The second-order valence-corrected chi connectivity index (χ2v) is 5.32. The van der Waals surface area contributed by atoms with Gasteiger partial charge in [-0.3, -0.25) is 4.79 Å². The standard InChI is InChI=1S/C18H12FN3O2/c19-13-9-10(5-6-14(13)20)24-15-7-8-21-17-16(15)11-3-1-2-4-12(11)18(23)22-17/h1-9H,20H2,(H,21,22,23). The molecule has 0 aliphatic rings. The Kier molecular flexibility index (Phi) is 3.16. The number of H-pyrrole nitrogens is 1. The molecule has 2 aromatic carbocycles. The molecule has 0 bridgehead atoms. The topological polar surface area (TPSA) is 81.0 Å². The number of ether oxygens (including phenoxy) is 1. The molecule has 0 amide bonds. The molecule has 118 valence electrons. The lowest BCUT2D eigenvalue weighted by Crippen LogP contribution is -2.07. The SMILES string of the molecule is Nc1ccc(Oc2ccnc3[nH]c(=O)c4ccccc4c23)cc1F. The van der Waals surface area contributed by atoms with Crippen molar-refractivity contribution in [2.75, 3.05) is 5.73 Å². The van der Waals surface area contributed by atoms with Crippen LogP contribution in [0, 0.1) is 5.82 Å². The van der Waals surface area contributed by atoms with Crippen molar-refractivity contribution >= 4 is 27.5 Å². The normalized spacial score (nSPS) is 11.0. The molecule has 2 heterocycles. The Morgan fingerprint density at radius 2 is 1.88 bits per heavy atom. The van der Waals surface area contributed by atoms with E-state index in [4.69, 9.17) is 10.5 Å². The van der Waals surface area contributed by atoms with Gasteiger partial charge in [0, 0.05) is 23.0 Å². The number of nitrogens with two attached hydrogens (primary N) is 1. The molecule has 24 heavy (non-hydrogen) atoms. The van der Waals surface area contributed by atoms with Crippen LogP contribution in [0.1, 0.15) is 0 Å². The minimum atomic E-state index is -0.552. The van der Waals surface area contributed by atoms with Crippen molar-refractivity contribution in [2.45, 2.75) is 0 Å². The van der Waals surface area contributed by atoms with Crippen LogP contribution in [0.3, 0.4) is 0 Å². The number of aromatic nitrogens is 2. The molecule has 6 heteroatoms. The molecular formula is C18H12FN3O2. The van der Waals surface area contributed by atoms with Gasteiger partial charge < -0.3 is 15.5 Å². The van der Waals surface area contributed by atoms with Crippen LogP contribution in [0.2, 0.25) is 0 Å². The Balaban J connectivity index is 1.97. The third-order valence-electron chi connectivity index (χ3n) is 3.79. The van der Waals surface area contributed by atoms with Gasteiger partial charge in [-0.2, -0.15) is 0 Å². The van der Waals surface area contributed by atoms with E-state index in [1.807, 2.05) is 12.1 Å². The third-order valence-corrected chi connectivity index (χ3v) is 3.79. The summed E-state index contributed by atoms with van der Waals surface area (Å²) in [6.07, 6.45) is 1.52. The maximum atomic E-state index is 13.6. The van der Waals surface area contributed by atoms with Crippen LogP contribution in [-0.2, 0) is 0 Å². The largest absolute Gasteiger partial charge is 0.456 e. The zero-order valence-corrected chi connectivity index (χ0v) is 12.4. The van der Waals surface area contributed by atoms with Crippen LogP contribution in [0.5, 0.6) is 11.5 Å². The Hall–Kier alpha value is -3.41. The molecule has 0 radical (unpaired) electrons. The monoisotopic (exact) mass is 321 g/mol. The predicted octanol–water partition coefficient (Wildman–Crippen LogP) is 3.59. The number of nitrogens with one attached hydrogen (secondary N) is 1. The minimum absolute atomic E-state index is 0.0525. The van der Waals surface area contributed by atoms with E-state index in [0.717, 1.165) is 5.39 Å². The molecule has 0 saturated heterocycles. The van der Waals surface area contributed by atoms with Crippen molar-refractivity contribution in [1.82, 2.24) is 9.97 Å². The zero-order chi connectivity index (χ0) is 16.7. The number of hydrogen-bond donors (Lipinski definition) is 2. The molecular weight excluding hydrogens is 309 g/mol.